The average Bonchev–Trinajstić information content (AvgIpc) is 2.91. The molecule has 3 rings (SSSR count). The summed E-state index contributed by atoms with van der Waals surface area (Å²) in [7, 11) is 0. The van der Waals surface area contributed by atoms with E-state index in [2.05, 4.69) is 20.8 Å². The van der Waals surface area contributed by atoms with Crippen molar-refractivity contribution >= 4 is 5.91 Å². The van der Waals surface area contributed by atoms with Crippen LogP contribution in [-0.4, -0.2) is 28.6 Å². The Labute approximate surface area is 99.2 Å². The first-order chi connectivity index (χ1) is 8.33. The molecule has 92 valence electrons. The van der Waals surface area contributed by atoms with Crippen LogP contribution in [0.2, 0.25) is 0 Å². The maximum absolute atomic E-state index is 11.8. The fourth-order valence-corrected chi connectivity index (χ4v) is 2.17. The third kappa shape index (κ3) is 2.17. The van der Waals surface area contributed by atoms with Crippen LogP contribution in [0.5, 0.6) is 0 Å². The van der Waals surface area contributed by atoms with Crippen LogP contribution >= 0.6 is 0 Å². The van der Waals surface area contributed by atoms with E-state index in [1.165, 1.54) is 6.42 Å². The Hall–Kier alpha value is -1.43. The fraction of sp³-hybridized carbons (Fsp3) is 0.727. The fourth-order valence-electron chi connectivity index (χ4n) is 2.17. The van der Waals surface area contributed by atoms with Gasteiger partial charge in [-0.2, -0.15) is 4.98 Å². The molecule has 2 fully saturated rings. The van der Waals surface area contributed by atoms with Gasteiger partial charge in [-0.15, -0.1) is 0 Å². The van der Waals surface area contributed by atoms with E-state index in [1.807, 2.05) is 0 Å². The Bertz CT molecular complexity index is 407. The Balaban J connectivity index is 1.64. The van der Waals surface area contributed by atoms with Crippen LogP contribution < -0.4 is 10.6 Å². The smallest absolute Gasteiger partial charge is 0.292 e. The van der Waals surface area contributed by atoms with E-state index in [-0.39, 0.29) is 17.8 Å². The minimum Gasteiger partial charge on any atom is -0.346 e. The highest BCUT2D eigenvalue weighted by molar-refractivity contribution is 5.90. The topological polar surface area (TPSA) is 80.0 Å². The molecule has 1 aromatic heterocycles. The summed E-state index contributed by atoms with van der Waals surface area (Å²) in [5.74, 6) is 0.463. The number of nitrogens with one attached hydrogen (secondary N) is 2. The molecule has 6 heteroatoms. The molecule has 1 saturated carbocycles. The van der Waals surface area contributed by atoms with Crippen molar-refractivity contribution < 1.29 is 9.32 Å². The lowest BCUT2D eigenvalue weighted by Crippen LogP contribution is -2.39. The van der Waals surface area contributed by atoms with E-state index in [4.69, 9.17) is 4.52 Å². The molecule has 1 atom stereocenters. The molecule has 2 heterocycles. The van der Waals surface area contributed by atoms with E-state index < -0.39 is 0 Å². The summed E-state index contributed by atoms with van der Waals surface area (Å²) in [6.45, 7) is 0.969. The zero-order valence-electron chi connectivity index (χ0n) is 9.61. The second-order valence-corrected chi connectivity index (χ2v) is 4.71. The molecule has 2 aliphatic rings. The summed E-state index contributed by atoms with van der Waals surface area (Å²) in [5, 5.41) is 9.89. The van der Waals surface area contributed by atoms with Crippen molar-refractivity contribution in [2.24, 2.45) is 0 Å². The first-order valence-corrected chi connectivity index (χ1v) is 6.21. The van der Waals surface area contributed by atoms with Crippen molar-refractivity contribution in [3.05, 3.63) is 11.7 Å². The van der Waals surface area contributed by atoms with Crippen LogP contribution in [0.4, 0.5) is 0 Å². The first kappa shape index (κ1) is 10.7. The highest BCUT2D eigenvalue weighted by atomic mass is 16.5. The maximum atomic E-state index is 11.8. The molecule has 2 N–H and O–H groups in total. The molecule has 1 aliphatic carbocycles. The molecule has 1 saturated heterocycles. The molecule has 0 aromatic carbocycles. The van der Waals surface area contributed by atoms with Gasteiger partial charge in [0.1, 0.15) is 0 Å². The van der Waals surface area contributed by atoms with Crippen molar-refractivity contribution in [3.8, 4) is 0 Å². The summed E-state index contributed by atoms with van der Waals surface area (Å²) < 4.78 is 5.12. The number of hydrogen-bond acceptors (Lipinski definition) is 5. The van der Waals surface area contributed by atoms with Gasteiger partial charge in [-0.05, 0) is 38.6 Å². The number of hydrogen-bond donors (Lipinski definition) is 2. The van der Waals surface area contributed by atoms with Gasteiger partial charge in [0.05, 0.1) is 6.04 Å². The third-order valence-electron chi connectivity index (χ3n) is 3.44. The molecular weight excluding hydrogens is 220 g/mol. The molecule has 1 aromatic rings. The summed E-state index contributed by atoms with van der Waals surface area (Å²) in [6, 6.07) is 0.418. The second kappa shape index (κ2) is 4.44. The van der Waals surface area contributed by atoms with Gasteiger partial charge < -0.3 is 15.2 Å². The molecule has 17 heavy (non-hydrogen) atoms. The van der Waals surface area contributed by atoms with Crippen molar-refractivity contribution in [3.63, 3.8) is 0 Å². The van der Waals surface area contributed by atoms with Crippen LogP contribution in [0, 0.1) is 0 Å². The number of rotatable bonds is 3. The first-order valence-electron chi connectivity index (χ1n) is 6.21. The van der Waals surface area contributed by atoms with Gasteiger partial charge in [0.25, 0.3) is 11.7 Å². The van der Waals surface area contributed by atoms with Gasteiger partial charge in [0, 0.05) is 6.04 Å². The van der Waals surface area contributed by atoms with E-state index >= 15 is 0 Å². The zero-order valence-corrected chi connectivity index (χ0v) is 9.61. The van der Waals surface area contributed by atoms with Crippen molar-refractivity contribution in [1.82, 2.24) is 20.8 Å². The molecule has 1 amide bonds. The standard InChI is InChI=1S/C11H16N4O2/c16-10(13-7-3-1-4-7)9-14-11(17-15-9)8-5-2-6-12-8/h7-8,12H,1-6H2,(H,13,16). The van der Waals surface area contributed by atoms with Crippen LogP contribution in [0.3, 0.4) is 0 Å². The van der Waals surface area contributed by atoms with E-state index in [0.717, 1.165) is 32.2 Å². The molecule has 1 unspecified atom stereocenters. The minimum atomic E-state index is -0.220. The van der Waals surface area contributed by atoms with Crippen molar-refractivity contribution in [2.75, 3.05) is 6.54 Å². The van der Waals surface area contributed by atoms with Gasteiger partial charge >= 0.3 is 0 Å². The van der Waals surface area contributed by atoms with E-state index in [1.54, 1.807) is 0 Å². The second-order valence-electron chi connectivity index (χ2n) is 4.71. The van der Waals surface area contributed by atoms with Crippen LogP contribution in [-0.2, 0) is 0 Å². The van der Waals surface area contributed by atoms with Gasteiger partial charge in [-0.25, -0.2) is 0 Å². The Morgan fingerprint density at radius 1 is 1.35 bits per heavy atom. The number of carbonyl (C=O) groups is 1. The largest absolute Gasteiger partial charge is 0.346 e. The molecule has 6 nitrogen and oxygen atoms in total. The Kier molecular flexibility index (Phi) is 2.80. The molecular formula is C11H16N4O2. The number of aromatic nitrogens is 2. The van der Waals surface area contributed by atoms with Crippen LogP contribution in [0.25, 0.3) is 0 Å². The highest BCUT2D eigenvalue weighted by Crippen LogP contribution is 2.21. The van der Waals surface area contributed by atoms with Crippen molar-refractivity contribution in [1.29, 1.82) is 0 Å². The summed E-state index contributed by atoms with van der Waals surface area (Å²) >= 11 is 0. The number of amides is 1. The zero-order chi connectivity index (χ0) is 11.7. The highest BCUT2D eigenvalue weighted by Gasteiger charge is 2.26. The van der Waals surface area contributed by atoms with Gasteiger partial charge in [0.2, 0.25) is 5.89 Å². The van der Waals surface area contributed by atoms with Gasteiger partial charge in [-0.3, -0.25) is 4.79 Å². The van der Waals surface area contributed by atoms with Crippen LogP contribution in [0.1, 0.15) is 54.7 Å². The summed E-state index contributed by atoms with van der Waals surface area (Å²) in [6.07, 6.45) is 5.40. The Morgan fingerprint density at radius 3 is 2.88 bits per heavy atom. The average molecular weight is 236 g/mol. The SMILES string of the molecule is O=C(NC1CCC1)c1noc(C2CCCN2)n1. The van der Waals surface area contributed by atoms with E-state index in [0.29, 0.717) is 11.9 Å². The van der Waals surface area contributed by atoms with Crippen LogP contribution in [0.15, 0.2) is 4.52 Å². The molecule has 0 radical (unpaired) electrons. The predicted molar refractivity (Wildman–Crippen MR) is 59.4 cm³/mol. The van der Waals surface area contributed by atoms with Gasteiger partial charge in [0.15, 0.2) is 0 Å². The lowest BCUT2D eigenvalue weighted by molar-refractivity contribution is 0.0903. The van der Waals surface area contributed by atoms with Crippen molar-refractivity contribution in [2.45, 2.75) is 44.2 Å². The van der Waals surface area contributed by atoms with Gasteiger partial charge in [-0.1, -0.05) is 5.16 Å². The lowest BCUT2D eigenvalue weighted by atomic mass is 9.93. The lowest BCUT2D eigenvalue weighted by Gasteiger charge is -2.25. The Morgan fingerprint density at radius 2 is 2.24 bits per heavy atom. The predicted octanol–water partition coefficient (Wildman–Crippen LogP) is 0.776. The number of carbonyl (C=O) groups excluding carboxylic acids is 1. The normalized spacial score (nSPS) is 24.6. The monoisotopic (exact) mass is 236 g/mol. The quantitative estimate of drug-likeness (QED) is 0.810. The summed E-state index contributed by atoms with van der Waals surface area (Å²) in [5.41, 5.74) is 0. The van der Waals surface area contributed by atoms with E-state index in [9.17, 15) is 4.79 Å². The minimum absolute atomic E-state index is 0.118. The summed E-state index contributed by atoms with van der Waals surface area (Å²) in [4.78, 5) is 15.9. The third-order valence-corrected chi connectivity index (χ3v) is 3.44. The molecule has 0 bridgehead atoms. The molecule has 1 aliphatic heterocycles. The molecule has 0 spiro atoms. The number of nitrogens with zero attached hydrogens (tertiary/aromatic N) is 2. The maximum Gasteiger partial charge on any atom is 0.292 e.